The van der Waals surface area contributed by atoms with E-state index in [1.807, 2.05) is 13.1 Å². The lowest BCUT2D eigenvalue weighted by Gasteiger charge is -2.35. The summed E-state index contributed by atoms with van der Waals surface area (Å²) in [6.45, 7) is 1.81. The number of rotatable bonds is 4. The second kappa shape index (κ2) is 6.69. The number of nitrogens with zero attached hydrogens (tertiary/aromatic N) is 1. The van der Waals surface area contributed by atoms with Gasteiger partial charge < -0.3 is 15.4 Å². The molecule has 0 saturated carbocycles. The lowest BCUT2D eigenvalue weighted by molar-refractivity contribution is -0.139. The molecular weight excluding hydrogens is 288 g/mol. The van der Waals surface area contributed by atoms with Crippen LogP contribution in [0.1, 0.15) is 18.4 Å². The van der Waals surface area contributed by atoms with Gasteiger partial charge in [-0.05, 0) is 35.6 Å². The monoisotopic (exact) mass is 312 g/mol. The van der Waals surface area contributed by atoms with E-state index in [1.54, 1.807) is 4.90 Å². The predicted molar refractivity (Wildman–Crippen MR) is 92.3 cm³/mol. The molecule has 0 aromatic heterocycles. The van der Waals surface area contributed by atoms with Gasteiger partial charge in [0.15, 0.2) is 0 Å². The fourth-order valence-corrected chi connectivity index (χ4v) is 3.23. The Hall–Kier alpha value is -1.91. The largest absolute Gasteiger partial charge is 0.381 e. The van der Waals surface area contributed by atoms with E-state index in [0.717, 1.165) is 6.42 Å². The van der Waals surface area contributed by atoms with Gasteiger partial charge in [0, 0.05) is 26.8 Å². The minimum Gasteiger partial charge on any atom is -0.381 e. The molecule has 23 heavy (non-hydrogen) atoms. The van der Waals surface area contributed by atoms with Crippen LogP contribution in [-0.2, 0) is 16.0 Å². The third kappa shape index (κ3) is 3.38. The zero-order chi connectivity index (χ0) is 16.3. The fraction of sp³-hybridized carbons (Fsp3) is 0.421. The van der Waals surface area contributed by atoms with Crippen molar-refractivity contribution in [2.75, 3.05) is 26.8 Å². The second-order valence-corrected chi connectivity index (χ2v) is 6.38. The lowest BCUT2D eigenvalue weighted by atomic mass is 9.89. The molecule has 1 amide bonds. The van der Waals surface area contributed by atoms with Gasteiger partial charge in [-0.1, -0.05) is 42.5 Å². The summed E-state index contributed by atoms with van der Waals surface area (Å²) in [7, 11) is 1.84. The summed E-state index contributed by atoms with van der Waals surface area (Å²) >= 11 is 0. The predicted octanol–water partition coefficient (Wildman–Crippen LogP) is 2.35. The first-order chi connectivity index (χ1) is 11.1. The summed E-state index contributed by atoms with van der Waals surface area (Å²) in [5.74, 6) is 0.0287. The number of hydrogen-bond acceptors (Lipinski definition) is 3. The molecule has 2 aromatic rings. The first-order valence-electron chi connectivity index (χ1n) is 8.19. The molecule has 1 fully saturated rings. The van der Waals surface area contributed by atoms with E-state index in [1.165, 1.54) is 16.3 Å². The quantitative estimate of drug-likeness (QED) is 0.943. The van der Waals surface area contributed by atoms with Gasteiger partial charge in [0.1, 0.15) is 0 Å². The van der Waals surface area contributed by atoms with Crippen molar-refractivity contribution in [1.29, 1.82) is 0 Å². The molecule has 122 valence electrons. The Balaban J connectivity index is 1.68. The Morgan fingerprint density at radius 3 is 2.65 bits per heavy atom. The highest BCUT2D eigenvalue weighted by atomic mass is 16.5. The molecule has 0 atom stereocenters. The van der Waals surface area contributed by atoms with Crippen molar-refractivity contribution in [3.63, 3.8) is 0 Å². The Kier molecular flexibility index (Phi) is 4.64. The van der Waals surface area contributed by atoms with Crippen LogP contribution in [0.25, 0.3) is 10.8 Å². The maximum Gasteiger partial charge on any atom is 0.242 e. The molecule has 3 rings (SSSR count). The maximum atomic E-state index is 12.7. The molecule has 0 aliphatic carbocycles. The van der Waals surface area contributed by atoms with Gasteiger partial charge >= 0.3 is 0 Å². The highest BCUT2D eigenvalue weighted by molar-refractivity contribution is 5.87. The summed E-state index contributed by atoms with van der Waals surface area (Å²) in [5.41, 5.74) is 6.80. The van der Waals surface area contributed by atoms with Crippen molar-refractivity contribution in [2.45, 2.75) is 24.8 Å². The number of nitrogens with two attached hydrogens (primary N) is 1. The molecule has 4 heteroatoms. The standard InChI is InChI=1S/C19H24N2O2/c1-21(18(22)19(20)10-13-23-14-11-19)12-9-16-7-4-6-15-5-2-3-8-17(15)16/h2-8H,9-14,20H2,1H3. The number of benzene rings is 2. The first-order valence-corrected chi connectivity index (χ1v) is 8.19. The van der Waals surface area contributed by atoms with Crippen LogP contribution in [0.4, 0.5) is 0 Å². The number of hydrogen-bond donors (Lipinski definition) is 1. The molecule has 1 aliphatic rings. The molecule has 1 aliphatic heterocycles. The summed E-state index contributed by atoms with van der Waals surface area (Å²) in [6.07, 6.45) is 2.03. The Morgan fingerprint density at radius 1 is 1.17 bits per heavy atom. The Bertz CT molecular complexity index is 687. The molecular formula is C19H24N2O2. The second-order valence-electron chi connectivity index (χ2n) is 6.38. The highest BCUT2D eigenvalue weighted by Gasteiger charge is 2.37. The van der Waals surface area contributed by atoms with Crippen LogP contribution < -0.4 is 5.73 Å². The zero-order valence-electron chi connectivity index (χ0n) is 13.6. The normalized spacial score (nSPS) is 17.1. The summed E-state index contributed by atoms with van der Waals surface area (Å²) in [6, 6.07) is 14.7. The molecule has 2 N–H and O–H groups in total. The summed E-state index contributed by atoms with van der Waals surface area (Å²) in [5, 5.41) is 2.49. The SMILES string of the molecule is CN(CCc1cccc2ccccc12)C(=O)C1(N)CCOCC1. The smallest absolute Gasteiger partial charge is 0.242 e. The van der Waals surface area contributed by atoms with Crippen LogP contribution in [0, 0.1) is 0 Å². The fourth-order valence-electron chi connectivity index (χ4n) is 3.23. The highest BCUT2D eigenvalue weighted by Crippen LogP contribution is 2.22. The summed E-state index contributed by atoms with van der Waals surface area (Å²) < 4.78 is 5.32. The third-order valence-electron chi connectivity index (χ3n) is 4.75. The van der Waals surface area contributed by atoms with Crippen LogP contribution in [-0.4, -0.2) is 43.2 Å². The van der Waals surface area contributed by atoms with Gasteiger partial charge in [0.05, 0.1) is 5.54 Å². The van der Waals surface area contributed by atoms with Gasteiger partial charge in [-0.3, -0.25) is 4.79 Å². The number of fused-ring (bicyclic) bond motifs is 1. The van der Waals surface area contributed by atoms with Crippen molar-refractivity contribution in [1.82, 2.24) is 4.90 Å². The average molecular weight is 312 g/mol. The molecule has 0 spiro atoms. The van der Waals surface area contributed by atoms with Crippen molar-refractivity contribution < 1.29 is 9.53 Å². The van der Waals surface area contributed by atoms with Crippen LogP contribution in [0.2, 0.25) is 0 Å². The Morgan fingerprint density at radius 2 is 1.87 bits per heavy atom. The minimum absolute atomic E-state index is 0.0287. The van der Waals surface area contributed by atoms with Crippen LogP contribution >= 0.6 is 0 Å². The molecule has 0 bridgehead atoms. The van der Waals surface area contributed by atoms with E-state index >= 15 is 0 Å². The molecule has 1 heterocycles. The Labute approximate surface area is 137 Å². The topological polar surface area (TPSA) is 55.6 Å². The number of amides is 1. The van der Waals surface area contributed by atoms with Crippen LogP contribution in [0.3, 0.4) is 0 Å². The minimum atomic E-state index is -0.758. The van der Waals surface area contributed by atoms with Gasteiger partial charge in [-0.15, -0.1) is 0 Å². The van der Waals surface area contributed by atoms with E-state index in [4.69, 9.17) is 10.5 Å². The number of likely N-dealkylation sites (N-methyl/N-ethyl adjacent to an activating group) is 1. The van der Waals surface area contributed by atoms with E-state index in [2.05, 4.69) is 36.4 Å². The van der Waals surface area contributed by atoms with Crippen molar-refractivity contribution in [3.05, 3.63) is 48.0 Å². The van der Waals surface area contributed by atoms with Crippen molar-refractivity contribution >= 4 is 16.7 Å². The van der Waals surface area contributed by atoms with E-state index in [9.17, 15) is 4.79 Å². The van der Waals surface area contributed by atoms with E-state index in [0.29, 0.717) is 32.6 Å². The van der Waals surface area contributed by atoms with Crippen molar-refractivity contribution in [3.8, 4) is 0 Å². The van der Waals surface area contributed by atoms with Gasteiger partial charge in [-0.25, -0.2) is 0 Å². The average Bonchev–Trinajstić information content (AvgIpc) is 2.59. The number of ether oxygens (including phenoxy) is 1. The molecule has 0 radical (unpaired) electrons. The lowest BCUT2D eigenvalue weighted by Crippen LogP contribution is -2.57. The van der Waals surface area contributed by atoms with Crippen LogP contribution in [0.5, 0.6) is 0 Å². The third-order valence-corrected chi connectivity index (χ3v) is 4.75. The van der Waals surface area contributed by atoms with Gasteiger partial charge in [0.25, 0.3) is 0 Å². The van der Waals surface area contributed by atoms with E-state index < -0.39 is 5.54 Å². The molecule has 4 nitrogen and oxygen atoms in total. The zero-order valence-corrected chi connectivity index (χ0v) is 13.6. The van der Waals surface area contributed by atoms with Gasteiger partial charge in [-0.2, -0.15) is 0 Å². The number of carbonyl (C=O) groups is 1. The van der Waals surface area contributed by atoms with Gasteiger partial charge in [0.2, 0.25) is 5.91 Å². The van der Waals surface area contributed by atoms with Crippen molar-refractivity contribution in [2.24, 2.45) is 5.73 Å². The van der Waals surface area contributed by atoms with Crippen LogP contribution in [0.15, 0.2) is 42.5 Å². The maximum absolute atomic E-state index is 12.7. The molecule has 0 unspecified atom stereocenters. The molecule has 1 saturated heterocycles. The van der Waals surface area contributed by atoms with E-state index in [-0.39, 0.29) is 5.91 Å². The number of carbonyl (C=O) groups excluding carboxylic acids is 1. The molecule has 2 aromatic carbocycles. The first kappa shape index (κ1) is 16.0. The summed E-state index contributed by atoms with van der Waals surface area (Å²) in [4.78, 5) is 14.4.